The predicted molar refractivity (Wildman–Crippen MR) is 74.6 cm³/mol. The van der Waals surface area contributed by atoms with Crippen LogP contribution in [0.3, 0.4) is 0 Å². The number of aliphatic hydroxyl groups excluding tert-OH is 1. The van der Waals surface area contributed by atoms with E-state index < -0.39 is 6.10 Å². The molecule has 1 unspecified atom stereocenters. The van der Waals surface area contributed by atoms with Crippen molar-refractivity contribution in [3.63, 3.8) is 0 Å². The molecule has 4 nitrogen and oxygen atoms in total. The van der Waals surface area contributed by atoms with E-state index in [1.807, 2.05) is 12.1 Å². The fourth-order valence-corrected chi connectivity index (χ4v) is 2.40. The summed E-state index contributed by atoms with van der Waals surface area (Å²) >= 11 is 6.12. The summed E-state index contributed by atoms with van der Waals surface area (Å²) in [4.78, 5) is 0. The van der Waals surface area contributed by atoms with E-state index in [1.165, 1.54) is 0 Å². The van der Waals surface area contributed by atoms with E-state index in [0.717, 1.165) is 11.3 Å². The topological polar surface area (TPSA) is 47.9 Å². The SMILES string of the molecule is COc1ccc(C(O)c2cc(Cl)c3c(c2)OCO3)cc1. The van der Waals surface area contributed by atoms with E-state index in [-0.39, 0.29) is 6.79 Å². The lowest BCUT2D eigenvalue weighted by Gasteiger charge is -2.13. The van der Waals surface area contributed by atoms with E-state index in [1.54, 1.807) is 31.4 Å². The zero-order valence-corrected chi connectivity index (χ0v) is 11.6. The zero-order chi connectivity index (χ0) is 14.1. The molecule has 1 N–H and O–H groups in total. The number of benzene rings is 2. The molecule has 2 aromatic carbocycles. The van der Waals surface area contributed by atoms with Gasteiger partial charge in [-0.05, 0) is 35.4 Å². The fraction of sp³-hybridized carbons (Fsp3) is 0.200. The van der Waals surface area contributed by atoms with Gasteiger partial charge >= 0.3 is 0 Å². The molecule has 0 bridgehead atoms. The quantitative estimate of drug-likeness (QED) is 0.944. The highest BCUT2D eigenvalue weighted by molar-refractivity contribution is 6.32. The molecule has 1 heterocycles. The summed E-state index contributed by atoms with van der Waals surface area (Å²) in [5, 5.41) is 10.8. The van der Waals surface area contributed by atoms with Crippen molar-refractivity contribution in [2.75, 3.05) is 13.9 Å². The molecule has 1 atom stereocenters. The van der Waals surface area contributed by atoms with Crippen molar-refractivity contribution in [2.45, 2.75) is 6.10 Å². The van der Waals surface area contributed by atoms with Gasteiger partial charge in [0.25, 0.3) is 0 Å². The fourth-order valence-electron chi connectivity index (χ4n) is 2.12. The first kappa shape index (κ1) is 13.1. The van der Waals surface area contributed by atoms with Crippen molar-refractivity contribution in [3.8, 4) is 17.2 Å². The Balaban J connectivity index is 1.93. The molecular weight excluding hydrogens is 280 g/mol. The van der Waals surface area contributed by atoms with E-state index in [2.05, 4.69) is 0 Å². The number of hydrogen-bond donors (Lipinski definition) is 1. The first-order valence-corrected chi connectivity index (χ1v) is 6.48. The lowest BCUT2D eigenvalue weighted by Crippen LogP contribution is -2.00. The highest BCUT2D eigenvalue weighted by atomic mass is 35.5. The third-order valence-electron chi connectivity index (χ3n) is 3.20. The van der Waals surface area contributed by atoms with Gasteiger partial charge in [0.2, 0.25) is 6.79 Å². The van der Waals surface area contributed by atoms with Crippen LogP contribution in [0.2, 0.25) is 5.02 Å². The summed E-state index contributed by atoms with van der Waals surface area (Å²) in [7, 11) is 1.60. The van der Waals surface area contributed by atoms with Crippen LogP contribution >= 0.6 is 11.6 Å². The Kier molecular flexibility index (Phi) is 3.42. The minimum Gasteiger partial charge on any atom is -0.497 e. The summed E-state index contributed by atoms with van der Waals surface area (Å²) in [6.07, 6.45) is -0.784. The van der Waals surface area contributed by atoms with Gasteiger partial charge in [0.15, 0.2) is 11.5 Å². The van der Waals surface area contributed by atoms with Crippen molar-refractivity contribution < 1.29 is 19.3 Å². The predicted octanol–water partition coefficient (Wildman–Crippen LogP) is 3.16. The lowest BCUT2D eigenvalue weighted by atomic mass is 10.0. The highest BCUT2D eigenvalue weighted by Gasteiger charge is 2.21. The molecule has 0 radical (unpaired) electrons. The number of ether oxygens (including phenoxy) is 3. The van der Waals surface area contributed by atoms with Crippen LogP contribution < -0.4 is 14.2 Å². The molecule has 0 amide bonds. The van der Waals surface area contributed by atoms with Gasteiger partial charge in [0, 0.05) is 0 Å². The molecule has 2 aromatic rings. The van der Waals surface area contributed by atoms with Crippen LogP contribution in [0.4, 0.5) is 0 Å². The molecule has 20 heavy (non-hydrogen) atoms. The van der Waals surface area contributed by atoms with E-state index in [0.29, 0.717) is 22.1 Å². The Hall–Kier alpha value is -1.91. The Morgan fingerprint density at radius 1 is 1.15 bits per heavy atom. The van der Waals surface area contributed by atoms with Gasteiger partial charge in [0.1, 0.15) is 11.9 Å². The summed E-state index contributed by atoms with van der Waals surface area (Å²) in [6.45, 7) is 0.150. The summed E-state index contributed by atoms with van der Waals surface area (Å²) in [5.74, 6) is 1.82. The average molecular weight is 293 g/mol. The average Bonchev–Trinajstić information content (AvgIpc) is 2.95. The molecule has 1 aliphatic heterocycles. The van der Waals surface area contributed by atoms with Gasteiger partial charge in [0.05, 0.1) is 12.1 Å². The number of methoxy groups -OCH3 is 1. The van der Waals surface area contributed by atoms with Gasteiger partial charge in [-0.1, -0.05) is 23.7 Å². The van der Waals surface area contributed by atoms with Crippen LogP contribution in [-0.2, 0) is 0 Å². The highest BCUT2D eigenvalue weighted by Crippen LogP contribution is 2.41. The molecule has 0 aromatic heterocycles. The van der Waals surface area contributed by atoms with Crippen LogP contribution in [0.25, 0.3) is 0 Å². The molecule has 0 saturated heterocycles. The van der Waals surface area contributed by atoms with Crippen LogP contribution in [0.5, 0.6) is 17.2 Å². The van der Waals surface area contributed by atoms with Gasteiger partial charge in [-0.3, -0.25) is 0 Å². The van der Waals surface area contributed by atoms with Crippen LogP contribution in [-0.4, -0.2) is 19.0 Å². The molecule has 0 spiro atoms. The Morgan fingerprint density at radius 3 is 2.60 bits per heavy atom. The van der Waals surface area contributed by atoms with Crippen LogP contribution in [0.15, 0.2) is 36.4 Å². The summed E-state index contributed by atoms with van der Waals surface area (Å²) in [6, 6.07) is 10.6. The summed E-state index contributed by atoms with van der Waals surface area (Å²) < 4.78 is 15.6. The third-order valence-corrected chi connectivity index (χ3v) is 3.48. The second kappa shape index (κ2) is 5.23. The molecule has 0 aliphatic carbocycles. The number of hydrogen-bond acceptors (Lipinski definition) is 4. The van der Waals surface area contributed by atoms with Crippen LogP contribution in [0.1, 0.15) is 17.2 Å². The van der Waals surface area contributed by atoms with Crippen molar-refractivity contribution in [3.05, 3.63) is 52.5 Å². The van der Waals surface area contributed by atoms with E-state index in [4.69, 9.17) is 25.8 Å². The van der Waals surface area contributed by atoms with Crippen molar-refractivity contribution >= 4 is 11.6 Å². The lowest BCUT2D eigenvalue weighted by molar-refractivity contribution is 0.173. The number of aliphatic hydroxyl groups is 1. The molecular formula is C15H13ClO4. The normalized spacial score (nSPS) is 14.2. The maximum absolute atomic E-state index is 10.4. The van der Waals surface area contributed by atoms with Gasteiger partial charge in [-0.2, -0.15) is 0 Å². The maximum atomic E-state index is 10.4. The van der Waals surface area contributed by atoms with E-state index in [9.17, 15) is 5.11 Å². The Labute approximate surface area is 121 Å². The van der Waals surface area contributed by atoms with Crippen molar-refractivity contribution in [1.82, 2.24) is 0 Å². The van der Waals surface area contributed by atoms with Gasteiger partial charge in [-0.25, -0.2) is 0 Å². The molecule has 104 valence electrons. The molecule has 0 fully saturated rings. The summed E-state index contributed by atoms with van der Waals surface area (Å²) in [5.41, 5.74) is 1.41. The number of halogens is 1. The largest absolute Gasteiger partial charge is 0.497 e. The minimum atomic E-state index is -0.784. The molecule has 3 rings (SSSR count). The van der Waals surface area contributed by atoms with Gasteiger partial charge in [-0.15, -0.1) is 0 Å². The molecule has 0 saturated carbocycles. The maximum Gasteiger partial charge on any atom is 0.231 e. The third kappa shape index (κ3) is 2.28. The zero-order valence-electron chi connectivity index (χ0n) is 10.8. The minimum absolute atomic E-state index is 0.150. The number of rotatable bonds is 3. The first-order chi connectivity index (χ1) is 9.69. The smallest absolute Gasteiger partial charge is 0.231 e. The van der Waals surface area contributed by atoms with Crippen molar-refractivity contribution in [2.24, 2.45) is 0 Å². The Bertz CT molecular complexity index is 625. The standard InChI is InChI=1S/C15H13ClO4/c1-18-11-4-2-9(3-5-11)14(17)10-6-12(16)15-13(7-10)19-8-20-15/h2-7,14,17H,8H2,1H3. The second-order valence-electron chi connectivity index (χ2n) is 4.41. The van der Waals surface area contributed by atoms with Crippen molar-refractivity contribution in [1.29, 1.82) is 0 Å². The monoisotopic (exact) mass is 292 g/mol. The molecule has 1 aliphatic rings. The van der Waals surface area contributed by atoms with Crippen LogP contribution in [0, 0.1) is 0 Å². The second-order valence-corrected chi connectivity index (χ2v) is 4.82. The van der Waals surface area contributed by atoms with Gasteiger partial charge < -0.3 is 19.3 Å². The Morgan fingerprint density at radius 2 is 1.90 bits per heavy atom. The number of fused-ring (bicyclic) bond motifs is 1. The first-order valence-electron chi connectivity index (χ1n) is 6.10. The molecule has 5 heteroatoms. The van der Waals surface area contributed by atoms with E-state index >= 15 is 0 Å².